The predicted octanol–water partition coefficient (Wildman–Crippen LogP) is 1.36. The van der Waals surface area contributed by atoms with Crippen molar-refractivity contribution in [3.8, 4) is 6.07 Å². The van der Waals surface area contributed by atoms with E-state index in [4.69, 9.17) is 9.72 Å². The summed E-state index contributed by atoms with van der Waals surface area (Å²) in [7, 11) is 1.65. The van der Waals surface area contributed by atoms with Gasteiger partial charge in [-0.2, -0.15) is 5.26 Å². The number of aliphatic hydroxyl groups is 2. The number of nitrogens with zero attached hydrogens (tertiary/aromatic N) is 4. The van der Waals surface area contributed by atoms with E-state index in [-0.39, 0.29) is 13.2 Å². The quantitative estimate of drug-likeness (QED) is 0.464. The van der Waals surface area contributed by atoms with Crippen LogP contribution in [0.3, 0.4) is 0 Å². The number of methoxy groups -OCH3 is 1. The smallest absolute Gasteiger partial charge is 0.149 e. The van der Waals surface area contributed by atoms with E-state index in [0.29, 0.717) is 44.2 Å². The minimum absolute atomic E-state index is 0.0824. The number of aliphatic hydroxyl groups excluding tert-OH is 2. The largest absolute Gasteiger partial charge is 0.395 e. The van der Waals surface area contributed by atoms with Gasteiger partial charge in [-0.15, -0.1) is 0 Å². The molecule has 3 N–H and O–H groups in total. The van der Waals surface area contributed by atoms with Crippen LogP contribution in [-0.4, -0.2) is 73.2 Å². The van der Waals surface area contributed by atoms with E-state index >= 15 is 0 Å². The van der Waals surface area contributed by atoms with Gasteiger partial charge in [0.2, 0.25) is 0 Å². The minimum atomic E-state index is -0.0824. The van der Waals surface area contributed by atoms with Crippen molar-refractivity contribution in [1.82, 2.24) is 9.88 Å². The summed E-state index contributed by atoms with van der Waals surface area (Å²) in [5.41, 5.74) is 3.82. The van der Waals surface area contributed by atoms with Crippen LogP contribution >= 0.6 is 0 Å². The minimum Gasteiger partial charge on any atom is -0.395 e. The first kappa shape index (κ1) is 23.0. The maximum Gasteiger partial charge on any atom is 0.149 e. The second kappa shape index (κ2) is 11.6. The van der Waals surface area contributed by atoms with Gasteiger partial charge in [0.15, 0.2) is 0 Å². The first-order chi connectivity index (χ1) is 15.2. The van der Waals surface area contributed by atoms with Crippen molar-refractivity contribution in [3.05, 3.63) is 52.6 Å². The lowest BCUT2D eigenvalue weighted by Gasteiger charge is -2.33. The van der Waals surface area contributed by atoms with Crippen molar-refractivity contribution in [1.29, 1.82) is 5.26 Å². The van der Waals surface area contributed by atoms with Crippen molar-refractivity contribution in [2.24, 2.45) is 0 Å². The summed E-state index contributed by atoms with van der Waals surface area (Å²) in [4.78, 5) is 8.93. The Kier molecular flexibility index (Phi) is 8.62. The Balaban J connectivity index is 1.97. The number of anilines is 2. The highest BCUT2D eigenvalue weighted by Gasteiger charge is 2.27. The molecular weight excluding hydrogens is 394 g/mol. The molecule has 166 valence electrons. The molecule has 0 spiro atoms. The SMILES string of the molecule is COCCNc1nc(N(CCO)CCO)c(C#N)c2c1CN(Cc1ccccc1)CC2. The first-order valence-electron chi connectivity index (χ1n) is 10.6. The van der Waals surface area contributed by atoms with Crippen LogP contribution in [0.1, 0.15) is 22.3 Å². The Bertz CT molecular complexity index is 879. The second-order valence-electron chi connectivity index (χ2n) is 7.53. The van der Waals surface area contributed by atoms with Gasteiger partial charge in [-0.1, -0.05) is 30.3 Å². The highest BCUT2D eigenvalue weighted by Crippen LogP contribution is 2.33. The van der Waals surface area contributed by atoms with Crippen LogP contribution in [0.2, 0.25) is 0 Å². The van der Waals surface area contributed by atoms with Crippen molar-refractivity contribution in [2.75, 3.05) is 63.3 Å². The Morgan fingerprint density at radius 2 is 1.94 bits per heavy atom. The molecule has 0 unspecified atom stereocenters. The van der Waals surface area contributed by atoms with Gasteiger partial charge < -0.3 is 25.2 Å². The van der Waals surface area contributed by atoms with Gasteiger partial charge in [0.25, 0.3) is 0 Å². The number of nitriles is 1. The molecule has 2 aromatic rings. The Labute approximate surface area is 183 Å². The van der Waals surface area contributed by atoms with E-state index in [2.05, 4.69) is 28.4 Å². The first-order valence-corrected chi connectivity index (χ1v) is 10.6. The summed E-state index contributed by atoms with van der Waals surface area (Å²) in [5, 5.41) is 32.3. The molecule has 0 amide bonds. The number of ether oxygens (including phenoxy) is 1. The summed E-state index contributed by atoms with van der Waals surface area (Å²) < 4.78 is 5.18. The van der Waals surface area contributed by atoms with E-state index in [9.17, 15) is 15.5 Å². The van der Waals surface area contributed by atoms with Gasteiger partial charge in [0.05, 0.1) is 25.4 Å². The normalized spacial score (nSPS) is 13.5. The number of benzene rings is 1. The zero-order valence-electron chi connectivity index (χ0n) is 18.0. The van der Waals surface area contributed by atoms with Gasteiger partial charge in [-0.3, -0.25) is 4.90 Å². The highest BCUT2D eigenvalue weighted by molar-refractivity contribution is 5.67. The average Bonchev–Trinajstić information content (AvgIpc) is 2.79. The molecule has 1 aromatic carbocycles. The van der Waals surface area contributed by atoms with Crippen molar-refractivity contribution in [2.45, 2.75) is 19.5 Å². The maximum absolute atomic E-state index is 9.97. The molecule has 0 saturated heterocycles. The summed E-state index contributed by atoms with van der Waals surface area (Å²) in [6, 6.07) is 12.7. The van der Waals surface area contributed by atoms with Crippen LogP contribution in [0.4, 0.5) is 11.6 Å². The van der Waals surface area contributed by atoms with E-state index in [1.54, 1.807) is 12.0 Å². The third kappa shape index (κ3) is 5.71. The van der Waals surface area contributed by atoms with Crippen LogP contribution in [0.15, 0.2) is 30.3 Å². The summed E-state index contributed by atoms with van der Waals surface area (Å²) >= 11 is 0. The van der Waals surface area contributed by atoms with Crippen LogP contribution in [0.25, 0.3) is 0 Å². The number of pyridine rings is 1. The number of nitrogens with one attached hydrogen (secondary N) is 1. The fourth-order valence-electron chi connectivity index (χ4n) is 3.98. The summed E-state index contributed by atoms with van der Waals surface area (Å²) in [6.45, 7) is 3.96. The molecule has 8 heteroatoms. The molecule has 0 saturated carbocycles. The summed E-state index contributed by atoms with van der Waals surface area (Å²) in [6.07, 6.45) is 0.742. The average molecular weight is 426 g/mol. The van der Waals surface area contributed by atoms with Crippen molar-refractivity contribution in [3.63, 3.8) is 0 Å². The molecule has 31 heavy (non-hydrogen) atoms. The van der Waals surface area contributed by atoms with Crippen LogP contribution in [0.5, 0.6) is 0 Å². The molecule has 1 aromatic heterocycles. The van der Waals surface area contributed by atoms with Crippen molar-refractivity contribution < 1.29 is 14.9 Å². The standard InChI is InChI=1S/C23H31N5O3/c1-31-14-8-25-22-21-17-27(16-18-5-3-2-4-6-18)9-7-19(21)20(15-24)23(26-22)28(10-12-29)11-13-30/h2-6,29-30H,7-14,16-17H2,1H3,(H,25,26). The summed E-state index contributed by atoms with van der Waals surface area (Å²) in [5.74, 6) is 1.25. The van der Waals surface area contributed by atoms with Crippen LogP contribution in [-0.2, 0) is 24.2 Å². The number of hydrogen-bond donors (Lipinski definition) is 3. The molecular formula is C23H31N5O3. The Morgan fingerprint density at radius 1 is 1.19 bits per heavy atom. The number of hydrogen-bond acceptors (Lipinski definition) is 8. The predicted molar refractivity (Wildman–Crippen MR) is 120 cm³/mol. The number of rotatable bonds is 11. The highest BCUT2D eigenvalue weighted by atomic mass is 16.5. The van der Waals surface area contributed by atoms with Gasteiger partial charge in [0, 0.05) is 51.9 Å². The van der Waals surface area contributed by atoms with E-state index in [1.807, 2.05) is 18.2 Å². The molecule has 2 heterocycles. The molecule has 0 aliphatic carbocycles. The van der Waals surface area contributed by atoms with Gasteiger partial charge >= 0.3 is 0 Å². The molecule has 1 aliphatic heterocycles. The van der Waals surface area contributed by atoms with Gasteiger partial charge in [-0.05, 0) is 17.5 Å². The molecule has 0 atom stereocenters. The van der Waals surface area contributed by atoms with Gasteiger partial charge in [-0.25, -0.2) is 4.98 Å². The van der Waals surface area contributed by atoms with E-state index < -0.39 is 0 Å². The lowest BCUT2D eigenvalue weighted by atomic mass is 9.95. The molecule has 0 bridgehead atoms. The lowest BCUT2D eigenvalue weighted by molar-refractivity contribution is 0.210. The number of fused-ring (bicyclic) bond motifs is 1. The van der Waals surface area contributed by atoms with E-state index in [0.717, 1.165) is 36.5 Å². The Hall–Kier alpha value is -2.70. The molecule has 1 aliphatic rings. The van der Waals surface area contributed by atoms with Crippen molar-refractivity contribution >= 4 is 11.6 Å². The second-order valence-corrected chi connectivity index (χ2v) is 7.53. The number of aromatic nitrogens is 1. The van der Waals surface area contributed by atoms with Crippen LogP contribution < -0.4 is 10.2 Å². The van der Waals surface area contributed by atoms with E-state index in [1.165, 1.54) is 5.56 Å². The fraction of sp³-hybridized carbons (Fsp3) is 0.478. The fourth-order valence-corrected chi connectivity index (χ4v) is 3.98. The third-order valence-electron chi connectivity index (χ3n) is 5.45. The lowest BCUT2D eigenvalue weighted by Crippen LogP contribution is -2.35. The molecule has 3 rings (SSSR count). The topological polar surface area (TPSA) is 105 Å². The zero-order chi connectivity index (χ0) is 22.1. The van der Waals surface area contributed by atoms with Crippen LogP contribution in [0, 0.1) is 11.3 Å². The van der Waals surface area contributed by atoms with Gasteiger partial charge in [0.1, 0.15) is 17.7 Å². The third-order valence-corrected chi connectivity index (χ3v) is 5.45. The monoisotopic (exact) mass is 425 g/mol. The zero-order valence-corrected chi connectivity index (χ0v) is 18.0. The Morgan fingerprint density at radius 3 is 2.58 bits per heavy atom. The molecule has 0 fully saturated rings. The molecule has 0 radical (unpaired) electrons. The molecule has 8 nitrogen and oxygen atoms in total. The maximum atomic E-state index is 9.97.